The van der Waals surface area contributed by atoms with Crippen molar-refractivity contribution in [1.82, 2.24) is 9.97 Å². The molecular weight excluding hydrogens is 382 g/mol. The lowest BCUT2D eigenvalue weighted by Crippen LogP contribution is -2.42. The minimum absolute atomic E-state index is 0.0101. The topological polar surface area (TPSA) is 118 Å². The Kier molecular flexibility index (Phi) is 6.01. The van der Waals surface area contributed by atoms with E-state index >= 15 is 0 Å². The lowest BCUT2D eigenvalue weighted by molar-refractivity contribution is -0.308. The number of anilines is 1. The zero-order valence-corrected chi connectivity index (χ0v) is 17.1. The van der Waals surface area contributed by atoms with E-state index in [1.165, 1.54) is 5.56 Å². The van der Waals surface area contributed by atoms with E-state index in [0.717, 1.165) is 5.56 Å². The third kappa shape index (κ3) is 4.92. The highest BCUT2D eigenvalue weighted by Gasteiger charge is 2.17. The van der Waals surface area contributed by atoms with E-state index in [1.807, 2.05) is 36.4 Å². The Hall–Kier alpha value is -3.48. The van der Waals surface area contributed by atoms with Crippen molar-refractivity contribution in [3.63, 3.8) is 0 Å². The first kappa shape index (κ1) is 21.2. The summed E-state index contributed by atoms with van der Waals surface area (Å²) in [6.07, 6.45) is -0.589. The quantitative estimate of drug-likeness (QED) is 0.635. The Morgan fingerprint density at radius 2 is 1.67 bits per heavy atom. The Labute approximate surface area is 174 Å². The minimum Gasteiger partial charge on any atom is -0.550 e. The number of rotatable bonds is 7. The van der Waals surface area contributed by atoms with Crippen LogP contribution in [0.3, 0.4) is 0 Å². The SMILES string of the molecule is CC(C)(C)c1ccc(-c2nc(N[C@@H](CCC(=O)[O-])C(=O)[O-])c3ccccc3n2)cc1. The van der Waals surface area contributed by atoms with Gasteiger partial charge in [-0.2, -0.15) is 0 Å². The number of carbonyl (C=O) groups excluding carboxylic acids is 2. The van der Waals surface area contributed by atoms with Gasteiger partial charge in [-0.05, 0) is 36.0 Å². The predicted molar refractivity (Wildman–Crippen MR) is 110 cm³/mol. The van der Waals surface area contributed by atoms with Crippen molar-refractivity contribution in [3.8, 4) is 11.4 Å². The summed E-state index contributed by atoms with van der Waals surface area (Å²) in [5.41, 5.74) is 2.61. The van der Waals surface area contributed by atoms with Gasteiger partial charge in [0.05, 0.1) is 17.5 Å². The number of hydrogen-bond donors (Lipinski definition) is 1. The molecule has 2 aromatic carbocycles. The molecule has 1 aromatic heterocycles. The number of aromatic nitrogens is 2. The van der Waals surface area contributed by atoms with E-state index in [2.05, 4.69) is 36.1 Å². The lowest BCUT2D eigenvalue weighted by Gasteiger charge is -2.22. The molecule has 7 nitrogen and oxygen atoms in total. The molecule has 0 aliphatic heterocycles. The molecule has 1 N–H and O–H groups in total. The van der Waals surface area contributed by atoms with Crippen LogP contribution in [0.5, 0.6) is 0 Å². The first-order valence-electron chi connectivity index (χ1n) is 9.70. The molecule has 30 heavy (non-hydrogen) atoms. The maximum Gasteiger partial charge on any atom is 0.162 e. The molecule has 0 fully saturated rings. The van der Waals surface area contributed by atoms with Gasteiger partial charge in [0, 0.05) is 16.9 Å². The van der Waals surface area contributed by atoms with E-state index in [9.17, 15) is 19.8 Å². The molecule has 3 aromatic rings. The molecule has 0 unspecified atom stereocenters. The highest BCUT2D eigenvalue weighted by Crippen LogP contribution is 2.28. The third-order valence-corrected chi connectivity index (χ3v) is 4.84. The molecular formula is C23H23N3O4-2. The summed E-state index contributed by atoms with van der Waals surface area (Å²) in [6, 6.07) is 13.9. The number of nitrogens with one attached hydrogen (secondary N) is 1. The number of carbonyl (C=O) groups is 2. The molecule has 1 heterocycles. The first-order valence-corrected chi connectivity index (χ1v) is 9.70. The van der Waals surface area contributed by atoms with E-state index < -0.39 is 24.4 Å². The number of para-hydroxylation sites is 1. The fourth-order valence-electron chi connectivity index (χ4n) is 3.11. The number of carboxylic acids is 2. The van der Waals surface area contributed by atoms with E-state index in [-0.39, 0.29) is 11.8 Å². The Bertz CT molecular complexity index is 1070. The second kappa shape index (κ2) is 8.49. The van der Waals surface area contributed by atoms with Crippen molar-refractivity contribution >= 4 is 28.7 Å². The van der Waals surface area contributed by atoms with Crippen LogP contribution in [-0.2, 0) is 15.0 Å². The Morgan fingerprint density at radius 1 is 1.00 bits per heavy atom. The molecule has 0 spiro atoms. The maximum atomic E-state index is 11.5. The van der Waals surface area contributed by atoms with Crippen molar-refractivity contribution in [2.45, 2.75) is 45.1 Å². The summed E-state index contributed by atoms with van der Waals surface area (Å²) in [6.45, 7) is 6.38. The van der Waals surface area contributed by atoms with Crippen LogP contribution in [0.1, 0.15) is 39.2 Å². The summed E-state index contributed by atoms with van der Waals surface area (Å²) in [5.74, 6) is -1.98. The Balaban J connectivity index is 2.02. The summed E-state index contributed by atoms with van der Waals surface area (Å²) < 4.78 is 0. The summed E-state index contributed by atoms with van der Waals surface area (Å²) in [7, 11) is 0. The first-order chi connectivity index (χ1) is 14.1. The fourth-order valence-corrected chi connectivity index (χ4v) is 3.11. The molecule has 0 bridgehead atoms. The molecule has 0 amide bonds. The predicted octanol–water partition coefficient (Wildman–Crippen LogP) is 1.65. The van der Waals surface area contributed by atoms with Crippen LogP contribution in [0.2, 0.25) is 0 Å². The van der Waals surface area contributed by atoms with E-state index in [0.29, 0.717) is 22.5 Å². The van der Waals surface area contributed by atoms with Crippen molar-refractivity contribution in [3.05, 3.63) is 54.1 Å². The van der Waals surface area contributed by atoms with Crippen molar-refractivity contribution < 1.29 is 19.8 Å². The van der Waals surface area contributed by atoms with Crippen molar-refractivity contribution in [2.75, 3.05) is 5.32 Å². The molecule has 0 aliphatic carbocycles. The highest BCUT2D eigenvalue weighted by atomic mass is 16.4. The average molecular weight is 405 g/mol. The largest absolute Gasteiger partial charge is 0.550 e. The Morgan fingerprint density at radius 3 is 2.27 bits per heavy atom. The molecule has 0 radical (unpaired) electrons. The number of fused-ring (bicyclic) bond motifs is 1. The van der Waals surface area contributed by atoms with Gasteiger partial charge in [0.25, 0.3) is 0 Å². The van der Waals surface area contributed by atoms with Gasteiger partial charge >= 0.3 is 0 Å². The summed E-state index contributed by atoms with van der Waals surface area (Å²) in [5, 5.41) is 25.7. The monoisotopic (exact) mass is 405 g/mol. The van der Waals surface area contributed by atoms with Gasteiger partial charge in [-0.25, -0.2) is 9.97 Å². The van der Waals surface area contributed by atoms with Crippen LogP contribution in [0.25, 0.3) is 22.3 Å². The van der Waals surface area contributed by atoms with Gasteiger partial charge in [-0.15, -0.1) is 0 Å². The van der Waals surface area contributed by atoms with Gasteiger partial charge < -0.3 is 25.1 Å². The molecule has 3 rings (SSSR count). The number of carboxylic acid groups (broad SMARTS) is 2. The van der Waals surface area contributed by atoms with Gasteiger partial charge in [0.15, 0.2) is 5.82 Å². The smallest absolute Gasteiger partial charge is 0.162 e. The zero-order valence-electron chi connectivity index (χ0n) is 17.1. The van der Waals surface area contributed by atoms with Gasteiger partial charge in [-0.1, -0.05) is 57.2 Å². The highest BCUT2D eigenvalue weighted by molar-refractivity contribution is 5.92. The van der Waals surface area contributed by atoms with Crippen molar-refractivity contribution in [2.24, 2.45) is 0 Å². The van der Waals surface area contributed by atoms with Gasteiger partial charge in [-0.3, -0.25) is 0 Å². The van der Waals surface area contributed by atoms with Gasteiger partial charge in [0.1, 0.15) is 5.82 Å². The summed E-state index contributed by atoms with van der Waals surface area (Å²) >= 11 is 0. The fraction of sp³-hybridized carbons (Fsp3) is 0.304. The van der Waals surface area contributed by atoms with E-state index in [1.54, 1.807) is 12.1 Å². The van der Waals surface area contributed by atoms with Crippen LogP contribution in [0.15, 0.2) is 48.5 Å². The van der Waals surface area contributed by atoms with Crippen molar-refractivity contribution in [1.29, 1.82) is 0 Å². The average Bonchev–Trinajstić information content (AvgIpc) is 2.70. The third-order valence-electron chi connectivity index (χ3n) is 4.84. The maximum absolute atomic E-state index is 11.5. The molecule has 0 saturated heterocycles. The van der Waals surface area contributed by atoms with Crippen LogP contribution in [0, 0.1) is 0 Å². The number of benzene rings is 2. The lowest BCUT2D eigenvalue weighted by atomic mass is 9.87. The number of nitrogens with zero attached hydrogens (tertiary/aromatic N) is 2. The number of hydrogen-bond acceptors (Lipinski definition) is 7. The molecule has 0 aliphatic rings. The standard InChI is InChI=1S/C23H25N3O4/c1-23(2,3)15-10-8-14(9-11-15)20-24-17-7-5-4-6-16(17)21(26-20)25-18(22(29)30)12-13-19(27)28/h4-11,18H,12-13H2,1-3H3,(H,27,28)(H,29,30)(H,24,25,26)/p-2/t18-/m0/s1. The normalized spacial score (nSPS) is 12.5. The molecule has 7 heteroatoms. The second-order valence-electron chi connectivity index (χ2n) is 8.17. The number of aliphatic carboxylic acids is 2. The van der Waals surface area contributed by atoms with Crippen LogP contribution >= 0.6 is 0 Å². The van der Waals surface area contributed by atoms with Crippen LogP contribution < -0.4 is 15.5 Å². The molecule has 0 saturated carbocycles. The molecule has 1 atom stereocenters. The van der Waals surface area contributed by atoms with Crippen LogP contribution in [0.4, 0.5) is 5.82 Å². The zero-order chi connectivity index (χ0) is 21.9. The van der Waals surface area contributed by atoms with E-state index in [4.69, 9.17) is 0 Å². The summed E-state index contributed by atoms with van der Waals surface area (Å²) in [4.78, 5) is 31.4. The molecule has 156 valence electrons. The minimum atomic E-state index is -1.41. The van der Waals surface area contributed by atoms with Gasteiger partial charge in [0.2, 0.25) is 0 Å². The second-order valence-corrected chi connectivity index (χ2v) is 8.17. The van der Waals surface area contributed by atoms with Crippen LogP contribution in [-0.4, -0.2) is 27.9 Å².